The summed E-state index contributed by atoms with van der Waals surface area (Å²) in [6.45, 7) is 0.643. The predicted octanol–water partition coefficient (Wildman–Crippen LogP) is -0.468. The van der Waals surface area contributed by atoms with E-state index in [0.29, 0.717) is 12.4 Å². The molecule has 12 heavy (non-hydrogen) atoms. The number of aryl methyl sites for hydroxylation is 1. The molecule has 0 aromatic carbocycles. The highest BCUT2D eigenvalue weighted by Gasteiger charge is 2.00. The largest absolute Gasteiger partial charge is 0.383 e. The quantitative estimate of drug-likeness (QED) is 0.564. The molecule has 1 aromatic rings. The van der Waals surface area contributed by atoms with Gasteiger partial charge in [0, 0.05) is 11.8 Å². The van der Waals surface area contributed by atoms with Crippen molar-refractivity contribution in [3.63, 3.8) is 0 Å². The van der Waals surface area contributed by atoms with Crippen molar-refractivity contribution in [3.05, 3.63) is 11.8 Å². The molecule has 0 atom stereocenters. The molecule has 0 radical (unpaired) electrons. The van der Waals surface area contributed by atoms with Gasteiger partial charge < -0.3 is 17.2 Å². The van der Waals surface area contributed by atoms with Crippen LogP contribution < -0.4 is 17.2 Å². The van der Waals surface area contributed by atoms with E-state index in [1.54, 1.807) is 6.20 Å². The Hall–Kier alpha value is -1.36. The van der Waals surface area contributed by atoms with Crippen molar-refractivity contribution >= 4 is 11.8 Å². The fraction of sp³-hybridized carbons (Fsp3) is 0.429. The van der Waals surface area contributed by atoms with Crippen LogP contribution >= 0.6 is 0 Å². The topological polar surface area (TPSA) is 104 Å². The van der Waals surface area contributed by atoms with Crippen LogP contribution in [0.2, 0.25) is 0 Å². The third kappa shape index (κ3) is 2.06. The second-order valence-electron chi connectivity index (χ2n) is 2.53. The third-order valence-electron chi connectivity index (χ3n) is 1.57. The van der Waals surface area contributed by atoms with Gasteiger partial charge in [0.2, 0.25) is 5.95 Å². The molecule has 1 aromatic heterocycles. The van der Waals surface area contributed by atoms with Crippen LogP contribution in [-0.2, 0) is 6.42 Å². The van der Waals surface area contributed by atoms with Gasteiger partial charge in [-0.2, -0.15) is 4.98 Å². The van der Waals surface area contributed by atoms with Gasteiger partial charge in [-0.25, -0.2) is 4.98 Å². The number of nitrogens with two attached hydrogens (primary N) is 3. The first kappa shape index (κ1) is 8.73. The first-order valence-electron chi connectivity index (χ1n) is 3.81. The molecule has 1 rings (SSSR count). The molecule has 0 aliphatic heterocycles. The maximum atomic E-state index is 5.59. The zero-order valence-electron chi connectivity index (χ0n) is 6.83. The minimum absolute atomic E-state index is 0.212. The average molecular weight is 167 g/mol. The van der Waals surface area contributed by atoms with Crippen LogP contribution in [0.1, 0.15) is 12.0 Å². The van der Waals surface area contributed by atoms with Crippen molar-refractivity contribution in [2.45, 2.75) is 12.8 Å². The summed E-state index contributed by atoms with van der Waals surface area (Å²) < 4.78 is 0. The van der Waals surface area contributed by atoms with Gasteiger partial charge in [-0.3, -0.25) is 0 Å². The van der Waals surface area contributed by atoms with Gasteiger partial charge in [0.05, 0.1) is 0 Å². The Morgan fingerprint density at radius 2 is 2.08 bits per heavy atom. The molecular weight excluding hydrogens is 154 g/mol. The Labute approximate surface area is 71.0 Å². The van der Waals surface area contributed by atoms with Gasteiger partial charge >= 0.3 is 0 Å². The van der Waals surface area contributed by atoms with Crippen LogP contribution in [0.5, 0.6) is 0 Å². The van der Waals surface area contributed by atoms with Crippen molar-refractivity contribution in [1.82, 2.24) is 9.97 Å². The van der Waals surface area contributed by atoms with E-state index in [4.69, 9.17) is 17.2 Å². The zero-order valence-corrected chi connectivity index (χ0v) is 6.83. The second kappa shape index (κ2) is 3.87. The van der Waals surface area contributed by atoms with Crippen LogP contribution in [0, 0.1) is 0 Å². The molecule has 5 nitrogen and oxygen atoms in total. The number of hydrogen-bond donors (Lipinski definition) is 3. The minimum Gasteiger partial charge on any atom is -0.383 e. The van der Waals surface area contributed by atoms with Gasteiger partial charge in [0.1, 0.15) is 5.82 Å². The third-order valence-corrected chi connectivity index (χ3v) is 1.57. The summed E-state index contributed by atoms with van der Waals surface area (Å²) in [4.78, 5) is 7.67. The monoisotopic (exact) mass is 167 g/mol. The highest BCUT2D eigenvalue weighted by atomic mass is 15.0. The lowest BCUT2D eigenvalue weighted by molar-refractivity contribution is 0.826. The number of nitrogen functional groups attached to an aromatic ring is 2. The molecule has 0 aliphatic rings. The van der Waals surface area contributed by atoms with Gasteiger partial charge in [0.25, 0.3) is 0 Å². The van der Waals surface area contributed by atoms with Crippen molar-refractivity contribution in [2.75, 3.05) is 18.0 Å². The van der Waals surface area contributed by atoms with E-state index >= 15 is 0 Å². The molecular formula is C7H13N5. The molecule has 5 heteroatoms. The molecule has 0 fully saturated rings. The van der Waals surface area contributed by atoms with Crippen molar-refractivity contribution in [3.8, 4) is 0 Å². The molecule has 0 unspecified atom stereocenters. The van der Waals surface area contributed by atoms with Gasteiger partial charge in [0.15, 0.2) is 0 Å². The van der Waals surface area contributed by atoms with E-state index in [-0.39, 0.29) is 5.95 Å². The van der Waals surface area contributed by atoms with Crippen LogP contribution in [0.3, 0.4) is 0 Å². The molecule has 0 bridgehead atoms. The van der Waals surface area contributed by atoms with E-state index in [1.165, 1.54) is 0 Å². The van der Waals surface area contributed by atoms with Crippen LogP contribution in [0.25, 0.3) is 0 Å². The Morgan fingerprint density at radius 3 is 2.67 bits per heavy atom. The van der Waals surface area contributed by atoms with E-state index in [1.807, 2.05) is 0 Å². The number of nitrogens with zero attached hydrogens (tertiary/aromatic N) is 2. The molecule has 1 heterocycles. The molecule has 0 saturated heterocycles. The molecule has 6 N–H and O–H groups in total. The number of rotatable bonds is 3. The summed E-state index contributed by atoms with van der Waals surface area (Å²) in [6, 6.07) is 0. The Kier molecular flexibility index (Phi) is 2.82. The molecule has 0 amide bonds. The van der Waals surface area contributed by atoms with E-state index < -0.39 is 0 Å². The highest BCUT2D eigenvalue weighted by molar-refractivity contribution is 5.41. The van der Waals surface area contributed by atoms with Crippen molar-refractivity contribution < 1.29 is 0 Å². The average Bonchev–Trinajstić information content (AvgIpc) is 2.03. The lowest BCUT2D eigenvalue weighted by atomic mass is 10.2. The highest BCUT2D eigenvalue weighted by Crippen LogP contribution is 2.09. The fourth-order valence-electron chi connectivity index (χ4n) is 0.919. The normalized spacial score (nSPS) is 10.1. The smallest absolute Gasteiger partial charge is 0.221 e. The number of hydrogen-bond acceptors (Lipinski definition) is 5. The summed E-state index contributed by atoms with van der Waals surface area (Å²) in [5.41, 5.74) is 17.2. The fourth-order valence-corrected chi connectivity index (χ4v) is 0.919. The van der Waals surface area contributed by atoms with Crippen LogP contribution in [-0.4, -0.2) is 16.5 Å². The molecule has 0 aliphatic carbocycles. The Balaban J connectivity index is 2.72. The first-order valence-corrected chi connectivity index (χ1v) is 3.81. The van der Waals surface area contributed by atoms with Gasteiger partial charge in [-0.15, -0.1) is 0 Å². The van der Waals surface area contributed by atoms with Crippen LogP contribution in [0.15, 0.2) is 6.20 Å². The summed E-state index contributed by atoms with van der Waals surface area (Å²) in [6.07, 6.45) is 3.34. The standard InChI is InChI=1S/C7H13N5/c8-3-1-2-5-4-11-7(10)12-6(5)9/h4H,1-3,8H2,(H4,9,10,11,12). The number of anilines is 2. The number of aromatic nitrogens is 2. The summed E-state index contributed by atoms with van der Waals surface area (Å²) >= 11 is 0. The van der Waals surface area contributed by atoms with E-state index in [0.717, 1.165) is 18.4 Å². The molecule has 0 saturated carbocycles. The zero-order chi connectivity index (χ0) is 8.97. The summed E-state index contributed by atoms with van der Waals surface area (Å²) in [7, 11) is 0. The second-order valence-corrected chi connectivity index (χ2v) is 2.53. The lowest BCUT2D eigenvalue weighted by Gasteiger charge is -2.02. The summed E-state index contributed by atoms with van der Waals surface area (Å²) in [5, 5.41) is 0. The Morgan fingerprint density at radius 1 is 1.33 bits per heavy atom. The SMILES string of the molecule is NCCCc1cnc(N)nc1N. The first-order chi connectivity index (χ1) is 5.74. The van der Waals surface area contributed by atoms with Gasteiger partial charge in [-0.1, -0.05) is 0 Å². The lowest BCUT2D eigenvalue weighted by Crippen LogP contribution is -2.06. The van der Waals surface area contributed by atoms with Crippen LogP contribution in [0.4, 0.5) is 11.8 Å². The van der Waals surface area contributed by atoms with E-state index in [9.17, 15) is 0 Å². The van der Waals surface area contributed by atoms with Crippen molar-refractivity contribution in [1.29, 1.82) is 0 Å². The molecule has 66 valence electrons. The maximum absolute atomic E-state index is 5.59. The van der Waals surface area contributed by atoms with Crippen molar-refractivity contribution in [2.24, 2.45) is 5.73 Å². The predicted molar refractivity (Wildman–Crippen MR) is 48.2 cm³/mol. The maximum Gasteiger partial charge on any atom is 0.221 e. The molecule has 0 spiro atoms. The summed E-state index contributed by atoms with van der Waals surface area (Å²) in [5.74, 6) is 0.667. The Bertz CT molecular complexity index is 260. The minimum atomic E-state index is 0.212. The van der Waals surface area contributed by atoms with E-state index in [2.05, 4.69) is 9.97 Å². The van der Waals surface area contributed by atoms with Gasteiger partial charge in [-0.05, 0) is 19.4 Å².